The lowest BCUT2D eigenvalue weighted by molar-refractivity contribution is 0.547. The van der Waals surface area contributed by atoms with Crippen LogP contribution in [0.3, 0.4) is 0 Å². The molecular formula is C10H8N2O. The number of carbonyl (C=O) groups excluding carboxylic acids is 1. The Bertz CT molecular complexity index is 406. The van der Waals surface area contributed by atoms with E-state index in [2.05, 4.69) is 4.98 Å². The number of nitrogens with zero attached hydrogens (tertiary/aromatic N) is 2. The maximum absolute atomic E-state index is 10.4. The molecule has 0 unspecified atom stereocenters. The predicted molar refractivity (Wildman–Crippen MR) is 49.8 cm³/mol. The molecule has 0 saturated heterocycles. The van der Waals surface area contributed by atoms with Crippen molar-refractivity contribution in [3.8, 4) is 11.3 Å². The predicted octanol–water partition coefficient (Wildman–Crippen LogP) is 1.59. The Labute approximate surface area is 75.7 Å². The van der Waals surface area contributed by atoms with Crippen molar-refractivity contribution in [2.45, 2.75) is 0 Å². The number of rotatable bonds is 2. The van der Waals surface area contributed by atoms with E-state index in [0.717, 1.165) is 17.7 Å². The molecule has 2 rings (SSSR count). The SMILES string of the molecule is O=Cn1cnc(-c2ccccc2)c1. The van der Waals surface area contributed by atoms with E-state index < -0.39 is 0 Å². The van der Waals surface area contributed by atoms with Gasteiger partial charge in [-0.2, -0.15) is 0 Å². The summed E-state index contributed by atoms with van der Waals surface area (Å²) in [5.41, 5.74) is 1.83. The van der Waals surface area contributed by atoms with Crippen molar-refractivity contribution < 1.29 is 4.79 Å². The smallest absolute Gasteiger partial charge is 0.219 e. The van der Waals surface area contributed by atoms with Gasteiger partial charge in [0.1, 0.15) is 6.33 Å². The lowest BCUT2D eigenvalue weighted by atomic mass is 10.2. The van der Waals surface area contributed by atoms with Gasteiger partial charge in [0.2, 0.25) is 6.41 Å². The third-order valence-electron chi connectivity index (χ3n) is 1.79. The first kappa shape index (κ1) is 7.73. The maximum atomic E-state index is 10.4. The van der Waals surface area contributed by atoms with Gasteiger partial charge in [0.05, 0.1) is 5.69 Å². The minimum atomic E-state index is 0.722. The Morgan fingerprint density at radius 1 is 1.23 bits per heavy atom. The van der Waals surface area contributed by atoms with E-state index in [4.69, 9.17) is 0 Å². The summed E-state index contributed by atoms with van der Waals surface area (Å²) in [4.78, 5) is 14.5. The van der Waals surface area contributed by atoms with Gasteiger partial charge in [0.15, 0.2) is 0 Å². The van der Waals surface area contributed by atoms with Crippen molar-refractivity contribution in [1.29, 1.82) is 0 Å². The van der Waals surface area contributed by atoms with Gasteiger partial charge in [-0.1, -0.05) is 30.3 Å². The van der Waals surface area contributed by atoms with Gasteiger partial charge in [-0.15, -0.1) is 0 Å². The van der Waals surface area contributed by atoms with Crippen LogP contribution < -0.4 is 0 Å². The summed E-state index contributed by atoms with van der Waals surface area (Å²) < 4.78 is 1.39. The second kappa shape index (κ2) is 3.23. The molecule has 3 heteroatoms. The van der Waals surface area contributed by atoms with E-state index in [1.807, 2.05) is 30.3 Å². The minimum absolute atomic E-state index is 0.722. The highest BCUT2D eigenvalue weighted by atomic mass is 16.1. The van der Waals surface area contributed by atoms with Gasteiger partial charge in [-0.3, -0.25) is 9.36 Å². The molecule has 0 spiro atoms. The Morgan fingerprint density at radius 3 is 2.62 bits per heavy atom. The zero-order valence-electron chi connectivity index (χ0n) is 6.92. The molecular weight excluding hydrogens is 164 g/mol. The average Bonchev–Trinajstić information content (AvgIpc) is 2.67. The fourth-order valence-corrected chi connectivity index (χ4v) is 1.15. The summed E-state index contributed by atoms with van der Waals surface area (Å²) in [6.45, 7) is 0. The van der Waals surface area contributed by atoms with Crippen LogP contribution in [0.2, 0.25) is 0 Å². The number of benzene rings is 1. The molecule has 1 aromatic carbocycles. The quantitative estimate of drug-likeness (QED) is 0.645. The van der Waals surface area contributed by atoms with Crippen molar-refractivity contribution in [1.82, 2.24) is 9.55 Å². The lowest BCUT2D eigenvalue weighted by Gasteiger charge is -1.92. The Morgan fingerprint density at radius 2 is 2.00 bits per heavy atom. The van der Waals surface area contributed by atoms with E-state index in [1.165, 1.54) is 10.9 Å². The summed E-state index contributed by atoms with van der Waals surface area (Å²) in [7, 11) is 0. The van der Waals surface area contributed by atoms with Crippen molar-refractivity contribution in [2.24, 2.45) is 0 Å². The zero-order valence-corrected chi connectivity index (χ0v) is 6.92. The second-order valence-corrected chi connectivity index (χ2v) is 2.68. The first-order valence-corrected chi connectivity index (χ1v) is 3.94. The molecule has 0 fully saturated rings. The Kier molecular flexibility index (Phi) is 1.92. The Hall–Kier alpha value is -1.90. The molecule has 3 nitrogen and oxygen atoms in total. The summed E-state index contributed by atoms with van der Waals surface area (Å²) in [6, 6.07) is 9.74. The minimum Gasteiger partial charge on any atom is -0.278 e. The molecule has 2 aromatic rings. The van der Waals surface area contributed by atoms with Crippen LogP contribution in [0.4, 0.5) is 0 Å². The standard InChI is InChI=1S/C10H8N2O/c13-8-12-6-10(11-7-12)9-4-2-1-3-5-9/h1-8H. The van der Waals surface area contributed by atoms with Crippen molar-refractivity contribution in [3.63, 3.8) is 0 Å². The summed E-state index contributed by atoms with van der Waals surface area (Å²) in [5, 5.41) is 0. The average molecular weight is 172 g/mol. The molecule has 0 atom stereocenters. The molecule has 0 N–H and O–H groups in total. The maximum Gasteiger partial charge on any atom is 0.219 e. The molecule has 0 bridgehead atoms. The number of carbonyl (C=O) groups is 1. The molecule has 0 amide bonds. The summed E-state index contributed by atoms with van der Waals surface area (Å²) in [6.07, 6.45) is 3.91. The second-order valence-electron chi connectivity index (χ2n) is 2.68. The van der Waals surface area contributed by atoms with Crippen LogP contribution in [0.25, 0.3) is 11.3 Å². The fourth-order valence-electron chi connectivity index (χ4n) is 1.15. The monoisotopic (exact) mass is 172 g/mol. The zero-order chi connectivity index (χ0) is 9.10. The van der Waals surface area contributed by atoms with Crippen LogP contribution in [0.1, 0.15) is 0 Å². The number of aromatic nitrogens is 2. The molecule has 0 aliphatic carbocycles. The highest BCUT2D eigenvalue weighted by Gasteiger charge is 1.99. The van der Waals surface area contributed by atoms with E-state index >= 15 is 0 Å². The molecule has 0 radical (unpaired) electrons. The molecule has 1 heterocycles. The topological polar surface area (TPSA) is 34.9 Å². The number of hydrogen-bond donors (Lipinski definition) is 0. The van der Waals surface area contributed by atoms with E-state index in [9.17, 15) is 4.79 Å². The van der Waals surface area contributed by atoms with Crippen LogP contribution in [0, 0.1) is 0 Å². The normalized spacial score (nSPS) is 9.85. The molecule has 0 aliphatic heterocycles. The van der Waals surface area contributed by atoms with E-state index in [0.29, 0.717) is 0 Å². The van der Waals surface area contributed by atoms with Crippen molar-refractivity contribution in [2.75, 3.05) is 0 Å². The van der Waals surface area contributed by atoms with Gasteiger partial charge in [-0.25, -0.2) is 4.98 Å². The van der Waals surface area contributed by atoms with Gasteiger partial charge in [0.25, 0.3) is 0 Å². The molecule has 64 valence electrons. The summed E-state index contributed by atoms with van der Waals surface area (Å²) >= 11 is 0. The number of imidazole rings is 1. The van der Waals surface area contributed by atoms with Crippen LogP contribution in [0.15, 0.2) is 42.9 Å². The van der Waals surface area contributed by atoms with E-state index in [1.54, 1.807) is 6.20 Å². The lowest BCUT2D eigenvalue weighted by Crippen LogP contribution is -1.86. The van der Waals surface area contributed by atoms with Gasteiger partial charge >= 0.3 is 0 Å². The largest absolute Gasteiger partial charge is 0.278 e. The Balaban J connectivity index is 2.41. The third kappa shape index (κ3) is 1.49. The van der Waals surface area contributed by atoms with Crippen LogP contribution in [-0.4, -0.2) is 16.0 Å². The van der Waals surface area contributed by atoms with Crippen LogP contribution >= 0.6 is 0 Å². The number of hydrogen-bond acceptors (Lipinski definition) is 2. The first-order valence-electron chi connectivity index (χ1n) is 3.94. The van der Waals surface area contributed by atoms with Crippen molar-refractivity contribution in [3.05, 3.63) is 42.9 Å². The molecule has 13 heavy (non-hydrogen) atoms. The molecule has 1 aromatic heterocycles. The van der Waals surface area contributed by atoms with Crippen molar-refractivity contribution >= 4 is 6.41 Å². The van der Waals surface area contributed by atoms with Gasteiger partial charge in [0, 0.05) is 11.8 Å². The van der Waals surface area contributed by atoms with Gasteiger partial charge in [-0.05, 0) is 0 Å². The highest BCUT2D eigenvalue weighted by Crippen LogP contribution is 2.14. The first-order chi connectivity index (χ1) is 6.40. The highest BCUT2D eigenvalue weighted by molar-refractivity contribution is 5.61. The van der Waals surface area contributed by atoms with E-state index in [-0.39, 0.29) is 0 Å². The molecule has 0 aliphatic rings. The fraction of sp³-hybridized carbons (Fsp3) is 0. The van der Waals surface area contributed by atoms with Crippen LogP contribution in [-0.2, 0) is 4.79 Å². The molecule has 0 saturated carbocycles. The third-order valence-corrected chi connectivity index (χ3v) is 1.79. The van der Waals surface area contributed by atoms with Crippen LogP contribution in [0.5, 0.6) is 0 Å². The van der Waals surface area contributed by atoms with Gasteiger partial charge < -0.3 is 0 Å². The summed E-state index contributed by atoms with van der Waals surface area (Å²) in [5.74, 6) is 0.